The number of aliphatic hydroxyl groups is 2. The van der Waals surface area contributed by atoms with Crippen molar-refractivity contribution < 1.29 is 24.1 Å². The molecular formula is C24H22ClFN2O5. The summed E-state index contributed by atoms with van der Waals surface area (Å²) >= 11 is 6.84. The molecule has 2 aromatic heterocycles. The van der Waals surface area contributed by atoms with Crippen LogP contribution in [0.4, 0.5) is 4.39 Å². The quantitative estimate of drug-likeness (QED) is 0.442. The lowest BCUT2D eigenvalue weighted by Crippen LogP contribution is -2.44. The second-order valence-corrected chi connectivity index (χ2v) is 8.92. The SMILES string of the molecule is CC[C@@]1(O)C(=O)OCc2c1cc1n(c2=O)Cc2c-1nc1cc(F)c(C)c(CCCO)c1c2Cl. The second kappa shape index (κ2) is 7.62. The van der Waals surface area contributed by atoms with E-state index >= 15 is 0 Å². The highest BCUT2D eigenvalue weighted by Crippen LogP contribution is 2.43. The first-order valence-electron chi connectivity index (χ1n) is 10.8. The second-order valence-electron chi connectivity index (χ2n) is 8.54. The van der Waals surface area contributed by atoms with Crippen LogP contribution in [0, 0.1) is 12.7 Å². The summed E-state index contributed by atoms with van der Waals surface area (Å²) in [5.41, 5.74) is 1.05. The first-order chi connectivity index (χ1) is 15.7. The Bertz CT molecular complexity index is 1420. The number of aliphatic hydroxyl groups excluding tert-OH is 1. The van der Waals surface area contributed by atoms with Gasteiger partial charge in [-0.25, -0.2) is 14.2 Å². The lowest BCUT2D eigenvalue weighted by atomic mass is 9.86. The number of rotatable bonds is 4. The van der Waals surface area contributed by atoms with Crippen LogP contribution >= 0.6 is 11.6 Å². The van der Waals surface area contributed by atoms with Crippen LogP contribution in [0.25, 0.3) is 22.3 Å². The van der Waals surface area contributed by atoms with Gasteiger partial charge in [0.25, 0.3) is 5.56 Å². The lowest BCUT2D eigenvalue weighted by molar-refractivity contribution is -0.172. The number of hydrogen-bond acceptors (Lipinski definition) is 6. The predicted octanol–water partition coefficient (Wildman–Crippen LogP) is 3.11. The Labute approximate surface area is 193 Å². The summed E-state index contributed by atoms with van der Waals surface area (Å²) in [6.07, 6.45) is 0.920. The first kappa shape index (κ1) is 22.0. The number of esters is 1. The zero-order chi connectivity index (χ0) is 23.7. The number of fused-ring (bicyclic) bond motifs is 5. The molecule has 2 aliphatic heterocycles. The number of cyclic esters (lactones) is 1. The van der Waals surface area contributed by atoms with Crippen molar-refractivity contribution in [3.05, 3.63) is 61.1 Å². The maximum atomic E-state index is 14.7. The molecule has 0 unspecified atom stereocenters. The fourth-order valence-corrected chi connectivity index (χ4v) is 5.26. The third-order valence-electron chi connectivity index (χ3n) is 6.82. The van der Waals surface area contributed by atoms with Crippen molar-refractivity contribution in [2.75, 3.05) is 6.61 Å². The number of nitrogens with zero attached hydrogens (tertiary/aromatic N) is 2. The summed E-state index contributed by atoms with van der Waals surface area (Å²) in [5.74, 6) is -1.22. The fraction of sp³-hybridized carbons (Fsp3) is 0.375. The average molecular weight is 473 g/mol. The number of benzene rings is 1. The molecule has 0 spiro atoms. The third kappa shape index (κ3) is 2.97. The van der Waals surface area contributed by atoms with Gasteiger partial charge in [0, 0.05) is 29.2 Å². The molecule has 33 heavy (non-hydrogen) atoms. The van der Waals surface area contributed by atoms with E-state index in [2.05, 4.69) is 4.98 Å². The number of carbonyl (C=O) groups excluding carboxylic acids is 1. The molecule has 7 nitrogen and oxygen atoms in total. The fourth-order valence-electron chi connectivity index (χ4n) is 4.90. The molecule has 0 saturated carbocycles. The molecule has 5 rings (SSSR count). The van der Waals surface area contributed by atoms with Crippen LogP contribution in [-0.2, 0) is 34.7 Å². The van der Waals surface area contributed by atoms with Crippen LogP contribution in [0.5, 0.6) is 0 Å². The van der Waals surface area contributed by atoms with E-state index in [4.69, 9.17) is 16.3 Å². The Balaban J connectivity index is 1.80. The average Bonchev–Trinajstić information content (AvgIpc) is 3.17. The highest BCUT2D eigenvalue weighted by atomic mass is 35.5. The normalized spacial score (nSPS) is 18.8. The summed E-state index contributed by atoms with van der Waals surface area (Å²) in [7, 11) is 0. The van der Waals surface area contributed by atoms with Gasteiger partial charge in [0.1, 0.15) is 12.4 Å². The molecule has 1 atom stereocenters. The number of ether oxygens (including phenoxy) is 1. The number of hydrogen-bond donors (Lipinski definition) is 2. The van der Waals surface area contributed by atoms with Gasteiger partial charge in [0.2, 0.25) is 0 Å². The van der Waals surface area contributed by atoms with Crippen LogP contribution in [0.3, 0.4) is 0 Å². The molecule has 0 saturated heterocycles. The molecule has 3 aromatic rings. The van der Waals surface area contributed by atoms with Crippen molar-refractivity contribution in [3.8, 4) is 11.4 Å². The summed E-state index contributed by atoms with van der Waals surface area (Å²) in [6.45, 7) is 3.20. The van der Waals surface area contributed by atoms with Crippen molar-refractivity contribution in [1.82, 2.24) is 9.55 Å². The zero-order valence-corrected chi connectivity index (χ0v) is 18.9. The van der Waals surface area contributed by atoms with Crippen LogP contribution in [0.1, 0.15) is 47.6 Å². The van der Waals surface area contributed by atoms with E-state index in [-0.39, 0.29) is 42.9 Å². The minimum Gasteiger partial charge on any atom is -0.458 e. The van der Waals surface area contributed by atoms with E-state index in [1.165, 1.54) is 10.6 Å². The van der Waals surface area contributed by atoms with E-state index in [1.807, 2.05) is 0 Å². The molecule has 4 heterocycles. The maximum Gasteiger partial charge on any atom is 0.343 e. The summed E-state index contributed by atoms with van der Waals surface area (Å²) in [4.78, 5) is 30.3. The number of aryl methyl sites for hydroxylation is 1. The highest BCUT2D eigenvalue weighted by Gasteiger charge is 2.45. The van der Waals surface area contributed by atoms with Crippen molar-refractivity contribution in [2.24, 2.45) is 0 Å². The van der Waals surface area contributed by atoms with Crippen molar-refractivity contribution in [3.63, 3.8) is 0 Å². The first-order valence-corrected chi connectivity index (χ1v) is 11.2. The Morgan fingerprint density at radius 1 is 1.30 bits per heavy atom. The lowest BCUT2D eigenvalue weighted by Gasteiger charge is -2.31. The highest BCUT2D eigenvalue weighted by molar-refractivity contribution is 6.37. The largest absolute Gasteiger partial charge is 0.458 e. The minimum atomic E-state index is -1.92. The van der Waals surface area contributed by atoms with Crippen LogP contribution in [-0.4, -0.2) is 32.3 Å². The van der Waals surface area contributed by atoms with Gasteiger partial charge < -0.3 is 19.5 Å². The predicted molar refractivity (Wildman–Crippen MR) is 120 cm³/mol. The molecule has 0 bridgehead atoms. The number of aromatic nitrogens is 2. The van der Waals surface area contributed by atoms with Crippen LogP contribution < -0.4 is 5.56 Å². The van der Waals surface area contributed by atoms with E-state index in [0.717, 1.165) is 0 Å². The Morgan fingerprint density at radius 2 is 2.06 bits per heavy atom. The minimum absolute atomic E-state index is 0.0407. The van der Waals surface area contributed by atoms with E-state index in [0.29, 0.717) is 56.8 Å². The van der Waals surface area contributed by atoms with Gasteiger partial charge in [-0.2, -0.15) is 0 Å². The number of halogens is 2. The van der Waals surface area contributed by atoms with E-state index in [9.17, 15) is 24.2 Å². The third-order valence-corrected chi connectivity index (χ3v) is 7.24. The Morgan fingerprint density at radius 3 is 2.76 bits per heavy atom. The maximum absolute atomic E-state index is 14.7. The molecule has 0 aliphatic carbocycles. The molecule has 2 aliphatic rings. The Kier molecular flexibility index (Phi) is 5.08. The van der Waals surface area contributed by atoms with Gasteiger partial charge in [-0.1, -0.05) is 18.5 Å². The van der Waals surface area contributed by atoms with Crippen LogP contribution in [0.2, 0.25) is 5.02 Å². The summed E-state index contributed by atoms with van der Waals surface area (Å²) in [5, 5.41) is 21.2. The van der Waals surface area contributed by atoms with Gasteiger partial charge in [-0.15, -0.1) is 0 Å². The number of pyridine rings is 2. The molecule has 1 aromatic carbocycles. The summed E-state index contributed by atoms with van der Waals surface area (Å²) in [6, 6.07) is 2.91. The molecule has 0 radical (unpaired) electrons. The van der Waals surface area contributed by atoms with Gasteiger partial charge in [0.15, 0.2) is 5.60 Å². The zero-order valence-electron chi connectivity index (χ0n) is 18.2. The van der Waals surface area contributed by atoms with Crippen molar-refractivity contribution in [1.29, 1.82) is 0 Å². The van der Waals surface area contributed by atoms with E-state index in [1.54, 1.807) is 19.9 Å². The van der Waals surface area contributed by atoms with Gasteiger partial charge in [-0.05, 0) is 43.4 Å². The smallest absolute Gasteiger partial charge is 0.343 e. The number of carbonyl (C=O) groups is 1. The molecule has 172 valence electrons. The van der Waals surface area contributed by atoms with Crippen molar-refractivity contribution >= 4 is 28.5 Å². The monoisotopic (exact) mass is 472 g/mol. The van der Waals surface area contributed by atoms with Gasteiger partial charge in [0.05, 0.1) is 34.0 Å². The van der Waals surface area contributed by atoms with Crippen molar-refractivity contribution in [2.45, 2.75) is 51.9 Å². The van der Waals surface area contributed by atoms with E-state index < -0.39 is 17.4 Å². The molecular weight excluding hydrogens is 451 g/mol. The van der Waals surface area contributed by atoms with Gasteiger partial charge >= 0.3 is 5.97 Å². The molecule has 0 fully saturated rings. The molecule has 0 amide bonds. The topological polar surface area (TPSA) is 102 Å². The van der Waals surface area contributed by atoms with Gasteiger partial charge in [-0.3, -0.25) is 4.79 Å². The molecule has 2 N–H and O–H groups in total. The summed E-state index contributed by atoms with van der Waals surface area (Å²) < 4.78 is 21.3. The Hall–Kier alpha value is -2.81. The standard InChI is InChI=1S/C24H22ClFN2O5/c1-3-24(32)15-7-18-21-13(9-28(18)22(30)14(15)10-33-23(24)31)20(25)19-12(5-4-6-29)11(2)16(26)8-17(19)27-21/h7-8,29,32H,3-6,9-10H2,1-2H3/t24-/m0/s1. The van der Waals surface area contributed by atoms with Crippen LogP contribution in [0.15, 0.2) is 16.9 Å². The molecule has 9 heteroatoms.